The van der Waals surface area contributed by atoms with E-state index in [2.05, 4.69) is 21.0 Å². The molecule has 96 valence electrons. The number of thiophene rings is 1. The number of carboxylic acid groups (broad SMARTS) is 1. The third-order valence-electron chi connectivity index (χ3n) is 2.81. The van der Waals surface area contributed by atoms with Crippen molar-refractivity contribution in [2.24, 2.45) is 0 Å². The van der Waals surface area contributed by atoms with E-state index in [0.717, 1.165) is 15.1 Å². The van der Waals surface area contributed by atoms with Gasteiger partial charge in [0.15, 0.2) is 0 Å². The van der Waals surface area contributed by atoms with Crippen molar-refractivity contribution in [1.29, 1.82) is 0 Å². The molecule has 1 atom stereocenters. The van der Waals surface area contributed by atoms with Crippen LogP contribution in [0.4, 0.5) is 0 Å². The summed E-state index contributed by atoms with van der Waals surface area (Å²) in [6.07, 6.45) is 2.52. The lowest BCUT2D eigenvalue weighted by atomic mass is 10.2. The van der Waals surface area contributed by atoms with Crippen molar-refractivity contribution >= 4 is 33.2 Å². The van der Waals surface area contributed by atoms with E-state index in [1.54, 1.807) is 10.9 Å². The topological polar surface area (TPSA) is 55.1 Å². The first-order valence-corrected chi connectivity index (χ1v) is 7.22. The van der Waals surface area contributed by atoms with Crippen LogP contribution in [0.3, 0.4) is 0 Å². The molecule has 18 heavy (non-hydrogen) atoms. The minimum absolute atomic E-state index is 0.195. The summed E-state index contributed by atoms with van der Waals surface area (Å²) in [6, 6.07) is 3.97. The Kier molecular flexibility index (Phi) is 3.87. The zero-order chi connectivity index (χ0) is 13.3. The average Bonchev–Trinajstić information content (AvgIpc) is 2.93. The molecule has 2 heterocycles. The molecular weight excluding hydrogens is 316 g/mol. The van der Waals surface area contributed by atoms with Crippen LogP contribution in [0.1, 0.15) is 36.7 Å². The van der Waals surface area contributed by atoms with Crippen LogP contribution >= 0.6 is 27.3 Å². The maximum absolute atomic E-state index is 11.3. The molecule has 0 saturated carbocycles. The molecule has 0 radical (unpaired) electrons. The first kappa shape index (κ1) is 13.3. The number of hydrogen-bond donors (Lipinski definition) is 1. The van der Waals surface area contributed by atoms with E-state index in [1.165, 1.54) is 11.3 Å². The summed E-state index contributed by atoms with van der Waals surface area (Å²) in [5, 5.41) is 13.7. The Morgan fingerprint density at radius 2 is 2.33 bits per heavy atom. The molecule has 0 fully saturated rings. The van der Waals surface area contributed by atoms with Crippen molar-refractivity contribution in [2.45, 2.75) is 26.3 Å². The average molecular weight is 329 g/mol. The van der Waals surface area contributed by atoms with Gasteiger partial charge in [0.05, 0.1) is 8.66 Å². The van der Waals surface area contributed by atoms with Crippen molar-refractivity contribution < 1.29 is 9.90 Å². The molecule has 0 amide bonds. The first-order chi connectivity index (χ1) is 8.52. The van der Waals surface area contributed by atoms with Crippen LogP contribution in [0.5, 0.6) is 0 Å². The van der Waals surface area contributed by atoms with Crippen molar-refractivity contribution in [3.63, 3.8) is 0 Å². The molecule has 0 spiro atoms. The van der Waals surface area contributed by atoms with Gasteiger partial charge in [-0.2, -0.15) is 5.10 Å². The van der Waals surface area contributed by atoms with Gasteiger partial charge in [0.2, 0.25) is 0 Å². The molecule has 2 aromatic heterocycles. The van der Waals surface area contributed by atoms with E-state index in [0.29, 0.717) is 5.69 Å². The number of rotatable bonds is 4. The Balaban J connectivity index is 2.51. The quantitative estimate of drug-likeness (QED) is 0.921. The Morgan fingerprint density at radius 3 is 2.83 bits per heavy atom. The maximum Gasteiger partial charge on any atom is 0.339 e. The Bertz CT molecular complexity index is 576. The van der Waals surface area contributed by atoms with E-state index in [1.807, 2.05) is 26.0 Å². The highest BCUT2D eigenvalue weighted by Crippen LogP contribution is 2.33. The summed E-state index contributed by atoms with van der Waals surface area (Å²) >= 11 is 4.86. The van der Waals surface area contributed by atoms with Crippen LogP contribution in [-0.2, 0) is 0 Å². The van der Waals surface area contributed by atoms with Gasteiger partial charge in [0.1, 0.15) is 11.3 Å². The molecule has 0 aliphatic carbocycles. The Morgan fingerprint density at radius 1 is 1.61 bits per heavy atom. The summed E-state index contributed by atoms with van der Waals surface area (Å²) in [5.41, 5.74) is 0.795. The van der Waals surface area contributed by atoms with Gasteiger partial charge in [-0.15, -0.1) is 11.3 Å². The lowest BCUT2D eigenvalue weighted by molar-refractivity contribution is 0.0697. The monoisotopic (exact) mass is 328 g/mol. The van der Waals surface area contributed by atoms with Crippen molar-refractivity contribution in [3.8, 4) is 10.6 Å². The van der Waals surface area contributed by atoms with Crippen molar-refractivity contribution in [1.82, 2.24) is 9.78 Å². The third-order valence-corrected chi connectivity index (χ3v) is 4.44. The SMILES string of the molecule is CCC(C)n1cc(C(=O)O)c(-c2ccc(Br)s2)n1. The lowest BCUT2D eigenvalue weighted by Gasteiger charge is -2.07. The number of aromatic nitrogens is 2. The summed E-state index contributed by atoms with van der Waals surface area (Å²) in [7, 11) is 0. The maximum atomic E-state index is 11.3. The van der Waals surface area contributed by atoms with Crippen LogP contribution in [-0.4, -0.2) is 20.9 Å². The van der Waals surface area contributed by atoms with E-state index < -0.39 is 5.97 Å². The van der Waals surface area contributed by atoms with Gasteiger partial charge in [-0.3, -0.25) is 4.68 Å². The first-order valence-electron chi connectivity index (χ1n) is 5.61. The number of carbonyl (C=O) groups is 1. The second-order valence-corrected chi connectivity index (χ2v) is 6.50. The molecule has 0 bridgehead atoms. The third kappa shape index (κ3) is 2.49. The highest BCUT2D eigenvalue weighted by Gasteiger charge is 2.19. The second kappa shape index (κ2) is 5.24. The van der Waals surface area contributed by atoms with Crippen LogP contribution < -0.4 is 0 Å². The van der Waals surface area contributed by atoms with E-state index in [-0.39, 0.29) is 11.6 Å². The molecule has 2 rings (SSSR count). The number of halogens is 1. The molecule has 4 nitrogen and oxygen atoms in total. The van der Waals surface area contributed by atoms with Gasteiger partial charge >= 0.3 is 5.97 Å². The van der Waals surface area contributed by atoms with Crippen LogP contribution in [0, 0.1) is 0 Å². The fourth-order valence-corrected chi connectivity index (χ4v) is 2.97. The van der Waals surface area contributed by atoms with Gasteiger partial charge in [-0.1, -0.05) is 6.92 Å². The predicted molar refractivity (Wildman–Crippen MR) is 75.2 cm³/mol. The van der Waals surface area contributed by atoms with E-state index >= 15 is 0 Å². The summed E-state index contributed by atoms with van der Waals surface area (Å²) in [5.74, 6) is -0.941. The molecule has 1 N–H and O–H groups in total. The molecule has 0 aliphatic rings. The summed E-state index contributed by atoms with van der Waals surface area (Å²) < 4.78 is 2.69. The number of aromatic carboxylic acids is 1. The second-order valence-electron chi connectivity index (χ2n) is 4.04. The zero-order valence-corrected chi connectivity index (χ0v) is 12.5. The highest BCUT2D eigenvalue weighted by molar-refractivity contribution is 9.11. The highest BCUT2D eigenvalue weighted by atomic mass is 79.9. The molecule has 0 aromatic carbocycles. The minimum Gasteiger partial charge on any atom is -0.478 e. The van der Waals surface area contributed by atoms with Crippen LogP contribution in [0.15, 0.2) is 22.1 Å². The summed E-state index contributed by atoms with van der Waals surface area (Å²) in [6.45, 7) is 4.07. The smallest absolute Gasteiger partial charge is 0.339 e. The molecule has 2 aromatic rings. The van der Waals surface area contributed by atoms with Crippen LogP contribution in [0.25, 0.3) is 10.6 Å². The van der Waals surface area contributed by atoms with E-state index in [4.69, 9.17) is 0 Å². The fourth-order valence-electron chi connectivity index (χ4n) is 1.58. The van der Waals surface area contributed by atoms with Crippen molar-refractivity contribution in [3.05, 3.63) is 27.7 Å². The molecule has 6 heteroatoms. The molecule has 0 saturated heterocycles. The molecule has 0 aliphatic heterocycles. The van der Waals surface area contributed by atoms with Gasteiger partial charge in [-0.25, -0.2) is 4.79 Å². The fraction of sp³-hybridized carbons (Fsp3) is 0.333. The number of hydrogen-bond acceptors (Lipinski definition) is 3. The largest absolute Gasteiger partial charge is 0.478 e. The van der Waals surface area contributed by atoms with Gasteiger partial charge < -0.3 is 5.11 Å². The standard InChI is InChI=1S/C12H13BrN2O2S/c1-3-7(2)15-6-8(12(16)17)11(14-15)9-4-5-10(13)18-9/h4-7H,3H2,1-2H3,(H,16,17). The number of carboxylic acids is 1. The van der Waals surface area contributed by atoms with Gasteiger partial charge in [0, 0.05) is 12.2 Å². The van der Waals surface area contributed by atoms with Gasteiger partial charge in [0.25, 0.3) is 0 Å². The molecule has 1 unspecified atom stereocenters. The normalized spacial score (nSPS) is 12.6. The van der Waals surface area contributed by atoms with E-state index in [9.17, 15) is 9.90 Å². The van der Waals surface area contributed by atoms with Gasteiger partial charge in [-0.05, 0) is 41.4 Å². The molecular formula is C12H13BrN2O2S. The summed E-state index contributed by atoms with van der Waals surface area (Å²) in [4.78, 5) is 12.1. The predicted octanol–water partition coefficient (Wildman–Crippen LogP) is 4.04. The zero-order valence-electron chi connectivity index (χ0n) is 10.1. The Hall–Kier alpha value is -1.14. The number of nitrogens with zero attached hydrogens (tertiary/aromatic N) is 2. The Labute approximate surface area is 117 Å². The van der Waals surface area contributed by atoms with Crippen LogP contribution in [0.2, 0.25) is 0 Å². The lowest BCUT2D eigenvalue weighted by Crippen LogP contribution is -2.04. The minimum atomic E-state index is -0.941. The van der Waals surface area contributed by atoms with Crippen molar-refractivity contribution in [2.75, 3.05) is 0 Å².